The predicted molar refractivity (Wildman–Crippen MR) is 101 cm³/mol. The van der Waals surface area contributed by atoms with Gasteiger partial charge in [-0.1, -0.05) is 0 Å². The number of aromatic nitrogens is 4. The van der Waals surface area contributed by atoms with Crippen molar-refractivity contribution in [3.63, 3.8) is 0 Å². The molecule has 1 aromatic carbocycles. The second kappa shape index (κ2) is 7.16. The van der Waals surface area contributed by atoms with Crippen molar-refractivity contribution in [2.75, 3.05) is 26.2 Å². The van der Waals surface area contributed by atoms with Gasteiger partial charge in [0.15, 0.2) is 0 Å². The molecule has 0 radical (unpaired) electrons. The molecule has 0 spiro atoms. The molecule has 1 aliphatic heterocycles. The van der Waals surface area contributed by atoms with Gasteiger partial charge in [0.25, 0.3) is 11.7 Å². The summed E-state index contributed by atoms with van der Waals surface area (Å²) in [4.78, 5) is 22.8. The first-order valence-electron chi connectivity index (χ1n) is 9.02. The molecule has 1 amide bonds. The summed E-state index contributed by atoms with van der Waals surface area (Å²) in [6.45, 7) is 4.37. The lowest BCUT2D eigenvalue weighted by Gasteiger charge is -2.33. The highest BCUT2D eigenvalue weighted by Crippen LogP contribution is 2.19. The molecule has 1 aliphatic rings. The fourth-order valence-corrected chi connectivity index (χ4v) is 4.71. The zero-order chi connectivity index (χ0) is 20.8. The van der Waals surface area contributed by atoms with Crippen LogP contribution in [0.2, 0.25) is 0 Å². The zero-order valence-corrected chi connectivity index (χ0v) is 16.7. The maximum absolute atomic E-state index is 13.1. The Morgan fingerprint density at radius 1 is 1.03 bits per heavy atom. The van der Waals surface area contributed by atoms with E-state index in [1.807, 2.05) is 19.9 Å². The monoisotopic (exact) mass is 418 g/mol. The third kappa shape index (κ3) is 3.58. The third-order valence-electron chi connectivity index (χ3n) is 4.79. The lowest BCUT2D eigenvalue weighted by Crippen LogP contribution is -2.50. The van der Waals surface area contributed by atoms with Crippen molar-refractivity contribution in [2.45, 2.75) is 18.7 Å². The summed E-state index contributed by atoms with van der Waals surface area (Å²) in [7, 11) is -3.74. The minimum Gasteiger partial charge on any atom is -0.333 e. The van der Waals surface area contributed by atoms with Crippen LogP contribution in [0.5, 0.6) is 0 Å². The number of aryl methyl sites for hydroxylation is 2. The molecule has 1 saturated heterocycles. The largest absolute Gasteiger partial charge is 0.333 e. The van der Waals surface area contributed by atoms with Crippen molar-refractivity contribution in [1.29, 1.82) is 0 Å². The fraction of sp³-hybridized carbons (Fsp3) is 0.333. The van der Waals surface area contributed by atoms with E-state index in [9.17, 15) is 17.6 Å². The predicted octanol–water partition coefficient (Wildman–Crippen LogP) is 1.03. The highest BCUT2D eigenvalue weighted by atomic mass is 32.2. The number of halogens is 1. The first-order chi connectivity index (χ1) is 13.8. The van der Waals surface area contributed by atoms with Crippen LogP contribution in [0.4, 0.5) is 4.39 Å². The highest BCUT2D eigenvalue weighted by Gasteiger charge is 2.31. The van der Waals surface area contributed by atoms with Gasteiger partial charge in [-0.15, -0.1) is 5.10 Å². The van der Waals surface area contributed by atoms with Gasteiger partial charge in [-0.2, -0.15) is 9.29 Å². The zero-order valence-electron chi connectivity index (χ0n) is 15.9. The van der Waals surface area contributed by atoms with Gasteiger partial charge >= 0.3 is 0 Å². The maximum atomic E-state index is 13.1. The summed E-state index contributed by atoms with van der Waals surface area (Å²) >= 11 is 0. The van der Waals surface area contributed by atoms with Gasteiger partial charge < -0.3 is 4.90 Å². The molecule has 0 atom stereocenters. The van der Waals surface area contributed by atoms with E-state index in [4.69, 9.17) is 0 Å². The Bertz CT molecular complexity index is 1180. The van der Waals surface area contributed by atoms with Crippen LogP contribution in [0.15, 0.2) is 35.2 Å². The molecule has 0 unspecified atom stereocenters. The van der Waals surface area contributed by atoms with Crippen LogP contribution >= 0.6 is 0 Å². The SMILES string of the molecule is Cc1cc(C)n2nc(C(=O)N3CCN(S(=O)(=O)c4ccc(F)cc4)CC3)nc2n1. The molecular formula is C18H19FN6O3S. The van der Waals surface area contributed by atoms with Gasteiger partial charge in [0, 0.05) is 37.6 Å². The number of rotatable bonds is 3. The molecule has 3 aromatic rings. The average Bonchev–Trinajstić information content (AvgIpc) is 3.12. The maximum Gasteiger partial charge on any atom is 0.293 e. The summed E-state index contributed by atoms with van der Waals surface area (Å²) in [5, 5.41) is 4.24. The topological polar surface area (TPSA) is 101 Å². The number of carbonyl (C=O) groups excluding carboxylic acids is 1. The Morgan fingerprint density at radius 2 is 1.69 bits per heavy atom. The number of hydrogen-bond acceptors (Lipinski definition) is 6. The van der Waals surface area contributed by atoms with E-state index in [-0.39, 0.29) is 42.8 Å². The minimum absolute atomic E-state index is 0.0256. The van der Waals surface area contributed by atoms with Crippen molar-refractivity contribution < 1.29 is 17.6 Å². The summed E-state index contributed by atoms with van der Waals surface area (Å²) in [6.07, 6.45) is 0. The number of piperazine rings is 1. The Morgan fingerprint density at radius 3 is 2.34 bits per heavy atom. The smallest absolute Gasteiger partial charge is 0.293 e. The highest BCUT2D eigenvalue weighted by molar-refractivity contribution is 7.89. The molecule has 152 valence electrons. The van der Waals surface area contributed by atoms with Gasteiger partial charge in [0.05, 0.1) is 4.90 Å². The molecule has 0 N–H and O–H groups in total. The molecule has 29 heavy (non-hydrogen) atoms. The molecule has 3 heterocycles. The summed E-state index contributed by atoms with van der Waals surface area (Å²) in [5.74, 6) is -0.491. The average molecular weight is 418 g/mol. The first-order valence-corrected chi connectivity index (χ1v) is 10.5. The number of amides is 1. The number of hydrogen-bond donors (Lipinski definition) is 0. The van der Waals surface area contributed by atoms with Gasteiger partial charge in [-0.05, 0) is 44.2 Å². The summed E-state index contributed by atoms with van der Waals surface area (Å²) < 4.78 is 41.3. The number of sulfonamides is 1. The first kappa shape index (κ1) is 19.4. The number of carbonyl (C=O) groups is 1. The third-order valence-corrected chi connectivity index (χ3v) is 6.70. The van der Waals surface area contributed by atoms with Crippen LogP contribution in [0.25, 0.3) is 5.78 Å². The van der Waals surface area contributed by atoms with E-state index in [2.05, 4.69) is 15.1 Å². The Hall–Kier alpha value is -2.92. The van der Waals surface area contributed by atoms with E-state index in [0.29, 0.717) is 5.78 Å². The molecule has 1 fully saturated rings. The van der Waals surface area contributed by atoms with Gasteiger partial charge in [0.2, 0.25) is 15.8 Å². The van der Waals surface area contributed by atoms with Crippen LogP contribution in [-0.4, -0.2) is 69.3 Å². The van der Waals surface area contributed by atoms with Gasteiger partial charge in [0.1, 0.15) is 5.82 Å². The van der Waals surface area contributed by atoms with Crippen LogP contribution in [-0.2, 0) is 10.0 Å². The standard InChI is InChI=1S/C18H19FN6O3S/c1-12-11-13(2)25-18(20-12)21-16(22-25)17(26)23-7-9-24(10-8-23)29(27,28)15-5-3-14(19)4-6-15/h3-6,11H,7-10H2,1-2H3. The Kier molecular flexibility index (Phi) is 4.79. The van der Waals surface area contributed by atoms with Crippen LogP contribution in [0, 0.1) is 19.7 Å². The molecule has 2 aromatic heterocycles. The quantitative estimate of drug-likeness (QED) is 0.630. The second-order valence-corrected chi connectivity index (χ2v) is 8.77. The van der Waals surface area contributed by atoms with E-state index in [1.54, 1.807) is 0 Å². The molecule has 0 aliphatic carbocycles. The van der Waals surface area contributed by atoms with Crippen molar-refractivity contribution in [2.24, 2.45) is 0 Å². The minimum atomic E-state index is -3.74. The molecule has 11 heteroatoms. The second-order valence-electron chi connectivity index (χ2n) is 6.84. The van der Waals surface area contributed by atoms with Crippen LogP contribution in [0.1, 0.15) is 22.0 Å². The van der Waals surface area contributed by atoms with E-state index >= 15 is 0 Å². The molecule has 9 nitrogen and oxygen atoms in total. The summed E-state index contributed by atoms with van der Waals surface area (Å²) in [6, 6.07) is 6.54. The molecular weight excluding hydrogens is 399 g/mol. The molecule has 4 rings (SSSR count). The normalized spacial score (nSPS) is 15.8. The van der Waals surface area contributed by atoms with Crippen molar-refractivity contribution >= 4 is 21.7 Å². The van der Waals surface area contributed by atoms with E-state index < -0.39 is 15.8 Å². The van der Waals surface area contributed by atoms with E-state index in [0.717, 1.165) is 23.5 Å². The number of fused-ring (bicyclic) bond motifs is 1. The Balaban J connectivity index is 1.49. The lowest BCUT2D eigenvalue weighted by molar-refractivity contribution is 0.0686. The van der Waals surface area contributed by atoms with Crippen LogP contribution in [0.3, 0.4) is 0 Å². The number of benzene rings is 1. The Labute approximate surface area is 166 Å². The number of nitrogens with zero attached hydrogens (tertiary/aromatic N) is 6. The lowest BCUT2D eigenvalue weighted by atomic mass is 10.3. The van der Waals surface area contributed by atoms with Gasteiger partial charge in [-0.25, -0.2) is 22.3 Å². The van der Waals surface area contributed by atoms with E-state index in [1.165, 1.54) is 25.9 Å². The van der Waals surface area contributed by atoms with Crippen molar-refractivity contribution in [3.8, 4) is 0 Å². The van der Waals surface area contributed by atoms with Crippen LogP contribution < -0.4 is 0 Å². The van der Waals surface area contributed by atoms with Gasteiger partial charge in [-0.3, -0.25) is 4.79 Å². The fourth-order valence-electron chi connectivity index (χ4n) is 3.29. The van der Waals surface area contributed by atoms with Crippen molar-refractivity contribution in [1.82, 2.24) is 28.8 Å². The van der Waals surface area contributed by atoms with Crippen molar-refractivity contribution in [3.05, 3.63) is 53.4 Å². The molecule has 0 bridgehead atoms. The molecule has 0 saturated carbocycles. The summed E-state index contributed by atoms with van der Waals surface area (Å²) in [5.41, 5.74) is 1.59.